The van der Waals surface area contributed by atoms with Crippen molar-refractivity contribution in [3.8, 4) is 0 Å². The normalized spacial score (nSPS) is 11.4. The van der Waals surface area contributed by atoms with Gasteiger partial charge in [-0.15, -0.1) is 0 Å². The van der Waals surface area contributed by atoms with E-state index in [1.54, 1.807) is 6.92 Å². The molecule has 19 heavy (non-hydrogen) atoms. The summed E-state index contributed by atoms with van der Waals surface area (Å²) < 4.78 is 37.3. The molecule has 5 nitrogen and oxygen atoms in total. The van der Waals surface area contributed by atoms with Gasteiger partial charge in [0.1, 0.15) is 12.2 Å². The SMILES string of the molecule is CCCN(CC(F)(F)F)c1ccc([N+](=O)[O-])c(N)c1. The van der Waals surface area contributed by atoms with Crippen LogP contribution < -0.4 is 10.6 Å². The van der Waals surface area contributed by atoms with Gasteiger partial charge in [-0.2, -0.15) is 13.2 Å². The zero-order valence-corrected chi connectivity index (χ0v) is 10.3. The first-order valence-electron chi connectivity index (χ1n) is 5.60. The molecule has 0 atom stereocenters. The Morgan fingerprint density at radius 2 is 2.05 bits per heavy atom. The van der Waals surface area contributed by atoms with Crippen LogP contribution in [0.2, 0.25) is 0 Å². The Bertz CT molecular complexity index is 463. The standard InChI is InChI=1S/C11H14F3N3O2/c1-2-5-16(7-11(12,13)14)8-3-4-10(17(18)19)9(15)6-8/h3-4,6H,2,5,7,15H2,1H3. The van der Waals surface area contributed by atoms with E-state index in [0.717, 1.165) is 11.0 Å². The third-order valence-electron chi connectivity index (χ3n) is 2.44. The summed E-state index contributed by atoms with van der Waals surface area (Å²) in [5, 5.41) is 10.6. The van der Waals surface area contributed by atoms with Crippen LogP contribution in [0.1, 0.15) is 13.3 Å². The quantitative estimate of drug-likeness (QED) is 0.510. The van der Waals surface area contributed by atoms with Crippen molar-refractivity contribution in [2.75, 3.05) is 23.7 Å². The highest BCUT2D eigenvalue weighted by Crippen LogP contribution is 2.29. The molecule has 0 amide bonds. The van der Waals surface area contributed by atoms with Crippen molar-refractivity contribution >= 4 is 17.1 Å². The van der Waals surface area contributed by atoms with Crippen molar-refractivity contribution in [1.29, 1.82) is 0 Å². The summed E-state index contributed by atoms with van der Waals surface area (Å²) in [7, 11) is 0. The Labute approximate surface area is 108 Å². The minimum Gasteiger partial charge on any atom is -0.393 e. The lowest BCUT2D eigenvalue weighted by Crippen LogP contribution is -2.34. The number of anilines is 2. The molecular formula is C11H14F3N3O2. The van der Waals surface area contributed by atoms with Gasteiger partial charge in [0.05, 0.1) is 4.92 Å². The average molecular weight is 277 g/mol. The summed E-state index contributed by atoms with van der Waals surface area (Å²) in [4.78, 5) is 11.0. The molecule has 1 aromatic carbocycles. The Balaban J connectivity index is 3.03. The topological polar surface area (TPSA) is 72.4 Å². The first-order chi connectivity index (χ1) is 8.74. The minimum atomic E-state index is -4.34. The zero-order chi connectivity index (χ0) is 14.6. The molecule has 0 heterocycles. The molecule has 0 saturated heterocycles. The van der Waals surface area contributed by atoms with Gasteiger partial charge in [-0.25, -0.2) is 0 Å². The molecule has 0 aromatic heterocycles. The van der Waals surface area contributed by atoms with Crippen molar-refractivity contribution in [1.82, 2.24) is 0 Å². The summed E-state index contributed by atoms with van der Waals surface area (Å²) in [6.45, 7) is 0.826. The third-order valence-corrected chi connectivity index (χ3v) is 2.44. The summed E-state index contributed by atoms with van der Waals surface area (Å²) in [6.07, 6.45) is -3.82. The molecule has 0 aliphatic rings. The monoisotopic (exact) mass is 277 g/mol. The number of nitro benzene ring substituents is 1. The van der Waals surface area contributed by atoms with Gasteiger partial charge >= 0.3 is 6.18 Å². The number of benzene rings is 1. The van der Waals surface area contributed by atoms with E-state index in [-0.39, 0.29) is 23.6 Å². The van der Waals surface area contributed by atoms with Gasteiger partial charge in [-0.3, -0.25) is 10.1 Å². The molecular weight excluding hydrogens is 263 g/mol. The number of hydrogen-bond donors (Lipinski definition) is 1. The number of nitrogens with two attached hydrogens (primary N) is 1. The number of alkyl halides is 3. The van der Waals surface area contributed by atoms with Crippen LogP contribution in [0, 0.1) is 10.1 Å². The summed E-state index contributed by atoms with van der Waals surface area (Å²) in [5.41, 5.74) is 5.23. The fraction of sp³-hybridized carbons (Fsp3) is 0.455. The highest BCUT2D eigenvalue weighted by molar-refractivity contribution is 5.66. The lowest BCUT2D eigenvalue weighted by atomic mass is 10.2. The highest BCUT2D eigenvalue weighted by Gasteiger charge is 2.31. The first-order valence-corrected chi connectivity index (χ1v) is 5.60. The van der Waals surface area contributed by atoms with Crippen LogP contribution in [0.5, 0.6) is 0 Å². The fourth-order valence-corrected chi connectivity index (χ4v) is 1.69. The van der Waals surface area contributed by atoms with Crippen molar-refractivity contribution < 1.29 is 18.1 Å². The number of nitrogens with zero attached hydrogens (tertiary/aromatic N) is 2. The lowest BCUT2D eigenvalue weighted by Gasteiger charge is -2.25. The molecule has 0 spiro atoms. The van der Waals surface area contributed by atoms with E-state index in [1.807, 2.05) is 0 Å². The van der Waals surface area contributed by atoms with E-state index in [9.17, 15) is 23.3 Å². The maximum atomic E-state index is 12.4. The van der Waals surface area contributed by atoms with Crippen LogP contribution in [-0.2, 0) is 0 Å². The molecule has 1 rings (SSSR count). The number of rotatable bonds is 5. The number of nitro groups is 1. The van der Waals surface area contributed by atoms with E-state index in [0.29, 0.717) is 6.42 Å². The molecule has 0 saturated carbocycles. The van der Waals surface area contributed by atoms with Crippen LogP contribution in [-0.4, -0.2) is 24.2 Å². The highest BCUT2D eigenvalue weighted by atomic mass is 19.4. The zero-order valence-electron chi connectivity index (χ0n) is 10.3. The van der Waals surface area contributed by atoms with Crippen molar-refractivity contribution in [3.05, 3.63) is 28.3 Å². The maximum Gasteiger partial charge on any atom is 0.405 e. The van der Waals surface area contributed by atoms with Gasteiger partial charge in [0.2, 0.25) is 0 Å². The summed E-state index contributed by atoms with van der Waals surface area (Å²) in [5.74, 6) is 0. The predicted octanol–water partition coefficient (Wildman–Crippen LogP) is 2.96. The predicted molar refractivity (Wildman–Crippen MR) is 66.1 cm³/mol. The van der Waals surface area contributed by atoms with E-state index in [4.69, 9.17) is 5.73 Å². The van der Waals surface area contributed by atoms with Gasteiger partial charge in [-0.05, 0) is 18.6 Å². The second-order valence-electron chi connectivity index (χ2n) is 4.04. The fourth-order valence-electron chi connectivity index (χ4n) is 1.69. The Hall–Kier alpha value is -1.99. The maximum absolute atomic E-state index is 12.4. The largest absolute Gasteiger partial charge is 0.405 e. The van der Waals surface area contributed by atoms with Crippen molar-refractivity contribution in [2.45, 2.75) is 19.5 Å². The van der Waals surface area contributed by atoms with E-state index >= 15 is 0 Å². The molecule has 1 aromatic rings. The van der Waals surface area contributed by atoms with Gasteiger partial charge in [0, 0.05) is 18.3 Å². The van der Waals surface area contributed by atoms with Gasteiger partial charge in [-0.1, -0.05) is 6.92 Å². The van der Waals surface area contributed by atoms with Crippen LogP contribution in [0.15, 0.2) is 18.2 Å². The van der Waals surface area contributed by atoms with Crippen LogP contribution in [0.3, 0.4) is 0 Å². The molecule has 0 bridgehead atoms. The first kappa shape index (κ1) is 15.1. The van der Waals surface area contributed by atoms with E-state index < -0.39 is 17.6 Å². The second-order valence-corrected chi connectivity index (χ2v) is 4.04. The van der Waals surface area contributed by atoms with Gasteiger partial charge < -0.3 is 10.6 Å². The average Bonchev–Trinajstić information content (AvgIpc) is 2.26. The number of nitrogen functional groups attached to an aromatic ring is 1. The molecule has 0 fully saturated rings. The third kappa shape index (κ3) is 4.31. The van der Waals surface area contributed by atoms with E-state index in [2.05, 4.69) is 0 Å². The molecule has 106 valence electrons. The Morgan fingerprint density at radius 3 is 2.47 bits per heavy atom. The molecule has 0 aliphatic heterocycles. The summed E-state index contributed by atoms with van der Waals surface area (Å²) in [6, 6.07) is 3.58. The van der Waals surface area contributed by atoms with Crippen LogP contribution in [0.25, 0.3) is 0 Å². The number of halogens is 3. The van der Waals surface area contributed by atoms with Crippen molar-refractivity contribution in [2.24, 2.45) is 0 Å². The summed E-state index contributed by atoms with van der Waals surface area (Å²) >= 11 is 0. The minimum absolute atomic E-state index is 0.147. The molecule has 8 heteroatoms. The van der Waals surface area contributed by atoms with Crippen LogP contribution in [0.4, 0.5) is 30.2 Å². The molecule has 2 N–H and O–H groups in total. The van der Waals surface area contributed by atoms with Gasteiger partial charge in [0.15, 0.2) is 0 Å². The molecule has 0 unspecified atom stereocenters. The van der Waals surface area contributed by atoms with Crippen LogP contribution >= 0.6 is 0 Å². The van der Waals surface area contributed by atoms with Gasteiger partial charge in [0.25, 0.3) is 5.69 Å². The number of hydrogen-bond acceptors (Lipinski definition) is 4. The van der Waals surface area contributed by atoms with E-state index in [1.165, 1.54) is 12.1 Å². The Kier molecular flexibility index (Phi) is 4.57. The molecule has 0 radical (unpaired) electrons. The Morgan fingerprint density at radius 1 is 1.42 bits per heavy atom. The second kappa shape index (κ2) is 5.77. The smallest absolute Gasteiger partial charge is 0.393 e. The molecule has 0 aliphatic carbocycles. The lowest BCUT2D eigenvalue weighted by molar-refractivity contribution is -0.383. The van der Waals surface area contributed by atoms with Crippen molar-refractivity contribution in [3.63, 3.8) is 0 Å².